The monoisotopic (exact) mass is 335 g/mol. The first-order valence-corrected chi connectivity index (χ1v) is 7.25. The molecule has 0 spiro atoms. The van der Waals surface area contributed by atoms with Gasteiger partial charge in [0.2, 0.25) is 0 Å². The SMILES string of the molecule is C[C@@](O)(CNC(=O)N[C@H]1CCN(CC(F)(F)F)C1)c1ccco1. The van der Waals surface area contributed by atoms with Crippen molar-refractivity contribution in [1.82, 2.24) is 15.5 Å². The summed E-state index contributed by atoms with van der Waals surface area (Å²) in [5.41, 5.74) is -1.36. The highest BCUT2D eigenvalue weighted by molar-refractivity contribution is 5.74. The van der Waals surface area contributed by atoms with E-state index in [1.165, 1.54) is 18.1 Å². The molecule has 2 rings (SSSR count). The zero-order valence-corrected chi connectivity index (χ0v) is 12.7. The van der Waals surface area contributed by atoms with Gasteiger partial charge in [-0.3, -0.25) is 4.90 Å². The van der Waals surface area contributed by atoms with Crippen LogP contribution in [0.15, 0.2) is 22.8 Å². The third-order valence-corrected chi connectivity index (χ3v) is 3.66. The number of furan rings is 1. The Balaban J connectivity index is 1.74. The van der Waals surface area contributed by atoms with Gasteiger partial charge in [-0.05, 0) is 25.5 Å². The maximum Gasteiger partial charge on any atom is 0.401 e. The first-order chi connectivity index (χ1) is 10.7. The molecule has 0 unspecified atom stereocenters. The third-order valence-electron chi connectivity index (χ3n) is 3.66. The minimum Gasteiger partial charge on any atom is -0.466 e. The fourth-order valence-electron chi connectivity index (χ4n) is 2.51. The molecular formula is C14H20F3N3O3. The van der Waals surface area contributed by atoms with Gasteiger partial charge in [0.15, 0.2) is 0 Å². The Morgan fingerprint density at radius 2 is 2.26 bits per heavy atom. The minimum atomic E-state index is -4.24. The number of alkyl halides is 3. The van der Waals surface area contributed by atoms with Crippen molar-refractivity contribution in [3.8, 4) is 0 Å². The van der Waals surface area contributed by atoms with E-state index in [1.807, 2.05) is 0 Å². The number of hydrogen-bond donors (Lipinski definition) is 3. The minimum absolute atomic E-state index is 0.0780. The Kier molecular flexibility index (Phi) is 5.20. The summed E-state index contributed by atoms with van der Waals surface area (Å²) >= 11 is 0. The predicted molar refractivity (Wildman–Crippen MR) is 75.7 cm³/mol. The van der Waals surface area contributed by atoms with Crippen LogP contribution in [0.2, 0.25) is 0 Å². The number of nitrogens with one attached hydrogen (secondary N) is 2. The number of rotatable bonds is 5. The van der Waals surface area contributed by atoms with Crippen molar-refractivity contribution in [3.05, 3.63) is 24.2 Å². The molecule has 2 atom stereocenters. The third kappa shape index (κ3) is 5.43. The van der Waals surface area contributed by atoms with Crippen LogP contribution in [0.3, 0.4) is 0 Å². The molecule has 2 amide bonds. The molecule has 1 saturated heterocycles. The smallest absolute Gasteiger partial charge is 0.401 e. The Morgan fingerprint density at radius 1 is 1.52 bits per heavy atom. The van der Waals surface area contributed by atoms with E-state index >= 15 is 0 Å². The number of amides is 2. The molecule has 0 aromatic carbocycles. The maximum absolute atomic E-state index is 12.3. The molecule has 23 heavy (non-hydrogen) atoms. The highest BCUT2D eigenvalue weighted by Crippen LogP contribution is 2.21. The first kappa shape index (κ1) is 17.6. The summed E-state index contributed by atoms with van der Waals surface area (Å²) in [5, 5.41) is 15.3. The Bertz CT molecular complexity index is 517. The van der Waals surface area contributed by atoms with Gasteiger partial charge in [0.05, 0.1) is 19.4 Å². The van der Waals surface area contributed by atoms with Crippen LogP contribution in [0.1, 0.15) is 19.1 Å². The standard InChI is InChI=1S/C14H20F3N3O3/c1-13(22,11-3-2-6-23-11)8-18-12(21)19-10-4-5-20(7-10)9-14(15,16)17/h2-3,6,10,22H,4-5,7-9H2,1H3,(H2,18,19,21)/t10-,13+/m0/s1. The van der Waals surface area contributed by atoms with Crippen molar-refractivity contribution in [2.24, 2.45) is 0 Å². The second-order valence-electron chi connectivity index (χ2n) is 5.91. The summed E-state index contributed by atoms with van der Waals surface area (Å²) in [5.74, 6) is 0.315. The fourth-order valence-corrected chi connectivity index (χ4v) is 2.51. The molecule has 1 aliphatic rings. The molecule has 3 N–H and O–H groups in total. The van der Waals surface area contributed by atoms with Crippen LogP contribution in [0.5, 0.6) is 0 Å². The summed E-state index contributed by atoms with van der Waals surface area (Å²) < 4.78 is 42.0. The van der Waals surface area contributed by atoms with Gasteiger partial charge in [-0.25, -0.2) is 4.79 Å². The molecule has 130 valence electrons. The Morgan fingerprint density at radius 3 is 2.87 bits per heavy atom. The summed E-state index contributed by atoms with van der Waals surface area (Å²) in [6.45, 7) is 0.883. The van der Waals surface area contributed by atoms with Crippen LogP contribution in [0.25, 0.3) is 0 Å². The van der Waals surface area contributed by atoms with Gasteiger partial charge in [-0.1, -0.05) is 0 Å². The summed E-state index contributed by atoms with van der Waals surface area (Å²) in [7, 11) is 0. The highest BCUT2D eigenvalue weighted by atomic mass is 19.4. The summed E-state index contributed by atoms with van der Waals surface area (Å²) in [6.07, 6.45) is -2.37. The molecular weight excluding hydrogens is 315 g/mol. The number of urea groups is 1. The van der Waals surface area contributed by atoms with E-state index in [0.29, 0.717) is 12.2 Å². The maximum atomic E-state index is 12.3. The van der Waals surface area contributed by atoms with Crippen LogP contribution in [-0.2, 0) is 5.60 Å². The zero-order valence-electron chi connectivity index (χ0n) is 12.7. The van der Waals surface area contributed by atoms with Crippen molar-refractivity contribution >= 4 is 6.03 Å². The molecule has 0 radical (unpaired) electrons. The fraction of sp³-hybridized carbons (Fsp3) is 0.643. The molecule has 6 nitrogen and oxygen atoms in total. The number of halogens is 3. The zero-order chi connectivity index (χ0) is 17.1. The molecule has 1 fully saturated rings. The lowest BCUT2D eigenvalue weighted by atomic mass is 10.0. The molecule has 0 saturated carbocycles. The van der Waals surface area contributed by atoms with Crippen LogP contribution in [-0.4, -0.2) is 54.4 Å². The largest absolute Gasteiger partial charge is 0.466 e. The molecule has 1 aromatic heterocycles. The lowest BCUT2D eigenvalue weighted by Gasteiger charge is -2.22. The topological polar surface area (TPSA) is 77.7 Å². The van der Waals surface area contributed by atoms with Gasteiger partial charge >= 0.3 is 12.2 Å². The van der Waals surface area contributed by atoms with Crippen LogP contribution in [0, 0.1) is 0 Å². The van der Waals surface area contributed by atoms with E-state index in [4.69, 9.17) is 4.42 Å². The van der Waals surface area contributed by atoms with Crippen LogP contribution >= 0.6 is 0 Å². The van der Waals surface area contributed by atoms with Crippen molar-refractivity contribution in [2.45, 2.75) is 31.2 Å². The average molecular weight is 335 g/mol. The number of aliphatic hydroxyl groups is 1. The van der Waals surface area contributed by atoms with E-state index in [-0.39, 0.29) is 25.7 Å². The van der Waals surface area contributed by atoms with E-state index in [1.54, 1.807) is 12.1 Å². The average Bonchev–Trinajstić information content (AvgIpc) is 3.06. The van der Waals surface area contributed by atoms with Crippen molar-refractivity contribution < 1.29 is 27.5 Å². The van der Waals surface area contributed by atoms with Crippen LogP contribution < -0.4 is 10.6 Å². The second-order valence-corrected chi connectivity index (χ2v) is 5.91. The van der Waals surface area contributed by atoms with Crippen molar-refractivity contribution in [1.29, 1.82) is 0 Å². The lowest BCUT2D eigenvalue weighted by molar-refractivity contribution is -0.143. The van der Waals surface area contributed by atoms with Crippen LogP contribution in [0.4, 0.5) is 18.0 Å². The molecule has 2 heterocycles. The Labute approximate surface area is 131 Å². The predicted octanol–water partition coefficient (Wildman–Crippen LogP) is 1.42. The number of carbonyl (C=O) groups is 1. The number of nitrogens with zero attached hydrogens (tertiary/aromatic N) is 1. The lowest BCUT2D eigenvalue weighted by Crippen LogP contribution is -2.47. The van der Waals surface area contributed by atoms with Crippen molar-refractivity contribution in [2.75, 3.05) is 26.2 Å². The first-order valence-electron chi connectivity index (χ1n) is 7.25. The number of likely N-dealkylation sites (tertiary alicyclic amines) is 1. The van der Waals surface area contributed by atoms with Gasteiger partial charge in [0, 0.05) is 19.1 Å². The van der Waals surface area contributed by atoms with Gasteiger partial charge in [0.1, 0.15) is 11.4 Å². The normalized spacial score (nSPS) is 21.9. The van der Waals surface area contributed by atoms with E-state index in [9.17, 15) is 23.1 Å². The quantitative estimate of drug-likeness (QED) is 0.761. The second kappa shape index (κ2) is 6.79. The molecule has 1 aromatic rings. The van der Waals surface area contributed by atoms with E-state index < -0.39 is 24.4 Å². The van der Waals surface area contributed by atoms with Gasteiger partial charge in [-0.2, -0.15) is 13.2 Å². The molecule has 0 aliphatic carbocycles. The van der Waals surface area contributed by atoms with Crippen molar-refractivity contribution in [3.63, 3.8) is 0 Å². The molecule has 9 heteroatoms. The van der Waals surface area contributed by atoms with E-state index in [2.05, 4.69) is 10.6 Å². The number of carbonyl (C=O) groups excluding carboxylic acids is 1. The van der Waals surface area contributed by atoms with E-state index in [0.717, 1.165) is 0 Å². The Hall–Kier alpha value is -1.74. The summed E-state index contributed by atoms with van der Waals surface area (Å²) in [4.78, 5) is 13.1. The number of hydrogen-bond acceptors (Lipinski definition) is 4. The highest BCUT2D eigenvalue weighted by Gasteiger charge is 2.35. The molecule has 0 bridgehead atoms. The summed E-state index contributed by atoms with van der Waals surface area (Å²) in [6, 6.07) is 2.34. The van der Waals surface area contributed by atoms with Gasteiger partial charge in [0.25, 0.3) is 0 Å². The van der Waals surface area contributed by atoms with Gasteiger partial charge < -0.3 is 20.2 Å². The molecule has 1 aliphatic heterocycles. The van der Waals surface area contributed by atoms with Gasteiger partial charge in [-0.15, -0.1) is 0 Å².